The number of alkyl halides is 3. The van der Waals surface area contributed by atoms with Gasteiger partial charge in [-0.3, -0.25) is 0 Å². The van der Waals surface area contributed by atoms with Gasteiger partial charge in [-0.2, -0.15) is 5.26 Å². The summed E-state index contributed by atoms with van der Waals surface area (Å²) < 4.78 is 40.2. The topological polar surface area (TPSA) is 33.0 Å². The summed E-state index contributed by atoms with van der Waals surface area (Å²) in [4.78, 5) is 0. The summed E-state index contributed by atoms with van der Waals surface area (Å²) >= 11 is 0. The third kappa shape index (κ3) is 4.38. The van der Waals surface area contributed by atoms with Gasteiger partial charge >= 0.3 is 6.36 Å². The van der Waals surface area contributed by atoms with Gasteiger partial charge in [0.2, 0.25) is 0 Å². The molecule has 0 aliphatic heterocycles. The summed E-state index contributed by atoms with van der Waals surface area (Å²) in [5.41, 5.74) is 0.490. The molecule has 2 atom stereocenters. The van der Waals surface area contributed by atoms with Gasteiger partial charge in [0.05, 0.1) is 11.5 Å². The maximum atomic E-state index is 12.1. The first-order valence-electron chi connectivity index (χ1n) is 7.08. The molecule has 1 fully saturated rings. The molecule has 114 valence electrons. The highest BCUT2D eigenvalue weighted by Crippen LogP contribution is 2.41. The standard InChI is InChI=1S/C16H18F3NO/c1-12-3-2-8-15(9-12,11-20)10-13-4-6-14(7-5-13)21-16(17,18)19/h4-7,12H,2-3,8-10H2,1H3. The van der Waals surface area contributed by atoms with Gasteiger partial charge in [-0.05, 0) is 42.9 Å². The molecule has 0 heterocycles. The van der Waals surface area contributed by atoms with Crippen molar-refractivity contribution in [2.75, 3.05) is 0 Å². The van der Waals surface area contributed by atoms with Gasteiger partial charge in [0.15, 0.2) is 0 Å². The zero-order valence-electron chi connectivity index (χ0n) is 11.9. The van der Waals surface area contributed by atoms with Crippen LogP contribution in [0.1, 0.15) is 38.2 Å². The number of benzene rings is 1. The summed E-state index contributed by atoms with van der Waals surface area (Å²) in [5, 5.41) is 9.50. The molecular weight excluding hydrogens is 279 g/mol. The fraction of sp³-hybridized carbons (Fsp3) is 0.562. The normalized spacial score (nSPS) is 26.1. The lowest BCUT2D eigenvalue weighted by Gasteiger charge is -2.34. The van der Waals surface area contributed by atoms with E-state index < -0.39 is 6.36 Å². The van der Waals surface area contributed by atoms with Crippen molar-refractivity contribution >= 4 is 0 Å². The molecule has 2 rings (SSSR count). The molecule has 1 saturated carbocycles. The van der Waals surface area contributed by atoms with Crippen LogP contribution in [0.2, 0.25) is 0 Å². The van der Waals surface area contributed by atoms with E-state index in [0.29, 0.717) is 12.3 Å². The Bertz CT molecular complexity index is 518. The van der Waals surface area contributed by atoms with Gasteiger partial charge in [0.1, 0.15) is 5.75 Å². The summed E-state index contributed by atoms with van der Waals surface area (Å²) in [6.45, 7) is 2.14. The lowest BCUT2D eigenvalue weighted by molar-refractivity contribution is -0.274. The number of hydrogen-bond donors (Lipinski definition) is 0. The van der Waals surface area contributed by atoms with Crippen molar-refractivity contribution in [2.45, 2.75) is 45.4 Å². The van der Waals surface area contributed by atoms with E-state index in [-0.39, 0.29) is 11.2 Å². The molecule has 0 amide bonds. The molecule has 1 aliphatic rings. The lowest BCUT2D eigenvalue weighted by atomic mass is 9.68. The van der Waals surface area contributed by atoms with Crippen LogP contribution in [0.3, 0.4) is 0 Å². The Hall–Kier alpha value is -1.70. The molecule has 0 N–H and O–H groups in total. The van der Waals surface area contributed by atoms with Crippen LogP contribution in [0.15, 0.2) is 24.3 Å². The average molecular weight is 297 g/mol. The Labute approximate surface area is 122 Å². The second-order valence-electron chi connectivity index (χ2n) is 5.96. The fourth-order valence-electron chi connectivity index (χ4n) is 3.16. The van der Waals surface area contributed by atoms with Crippen molar-refractivity contribution in [3.8, 4) is 11.8 Å². The number of nitrogens with zero attached hydrogens (tertiary/aromatic N) is 1. The SMILES string of the molecule is CC1CCCC(C#N)(Cc2ccc(OC(F)(F)F)cc2)C1. The molecule has 2 nitrogen and oxygen atoms in total. The Morgan fingerprint density at radius 3 is 2.52 bits per heavy atom. The van der Waals surface area contributed by atoms with Crippen molar-refractivity contribution in [3.63, 3.8) is 0 Å². The molecule has 21 heavy (non-hydrogen) atoms. The molecule has 1 aromatic carbocycles. The second kappa shape index (κ2) is 5.97. The van der Waals surface area contributed by atoms with Gasteiger partial charge in [-0.25, -0.2) is 0 Å². The first-order valence-corrected chi connectivity index (χ1v) is 7.08. The molecule has 5 heteroatoms. The number of halogens is 3. The van der Waals surface area contributed by atoms with Crippen LogP contribution in [0.4, 0.5) is 13.2 Å². The zero-order chi connectivity index (χ0) is 15.5. The monoisotopic (exact) mass is 297 g/mol. The molecule has 1 aliphatic carbocycles. The van der Waals surface area contributed by atoms with Crippen LogP contribution in [0.5, 0.6) is 5.75 Å². The molecule has 0 radical (unpaired) electrons. The Morgan fingerprint density at radius 1 is 1.33 bits per heavy atom. The largest absolute Gasteiger partial charge is 0.573 e. The minimum atomic E-state index is -4.67. The highest BCUT2D eigenvalue weighted by atomic mass is 19.4. The summed E-state index contributed by atoms with van der Waals surface area (Å²) in [7, 11) is 0. The number of ether oxygens (including phenoxy) is 1. The van der Waals surface area contributed by atoms with E-state index in [1.807, 2.05) is 0 Å². The van der Waals surface area contributed by atoms with E-state index >= 15 is 0 Å². The maximum absolute atomic E-state index is 12.1. The van der Waals surface area contributed by atoms with Gasteiger partial charge in [-0.1, -0.05) is 31.9 Å². The van der Waals surface area contributed by atoms with Crippen molar-refractivity contribution in [1.29, 1.82) is 5.26 Å². The van der Waals surface area contributed by atoms with E-state index in [4.69, 9.17) is 0 Å². The fourth-order valence-corrected chi connectivity index (χ4v) is 3.16. The van der Waals surface area contributed by atoms with Crippen LogP contribution in [0, 0.1) is 22.7 Å². The molecule has 0 saturated heterocycles. The molecule has 0 bridgehead atoms. The average Bonchev–Trinajstić information content (AvgIpc) is 2.39. The van der Waals surface area contributed by atoms with E-state index in [2.05, 4.69) is 17.7 Å². The minimum Gasteiger partial charge on any atom is -0.406 e. The van der Waals surface area contributed by atoms with E-state index in [9.17, 15) is 18.4 Å². The van der Waals surface area contributed by atoms with Crippen LogP contribution in [-0.2, 0) is 6.42 Å². The number of nitriles is 1. The first kappa shape index (κ1) is 15.7. The van der Waals surface area contributed by atoms with Gasteiger partial charge in [0.25, 0.3) is 0 Å². The van der Waals surface area contributed by atoms with Gasteiger partial charge in [0, 0.05) is 0 Å². The van der Waals surface area contributed by atoms with Crippen LogP contribution in [0.25, 0.3) is 0 Å². The highest BCUT2D eigenvalue weighted by Gasteiger charge is 2.35. The Kier molecular flexibility index (Phi) is 4.46. The molecule has 0 aromatic heterocycles. The third-order valence-corrected chi connectivity index (χ3v) is 4.03. The summed E-state index contributed by atoms with van der Waals surface area (Å²) in [5.74, 6) is 0.292. The Balaban J connectivity index is 2.07. The summed E-state index contributed by atoms with van der Waals surface area (Å²) in [6.07, 6.45) is -0.209. The first-order chi connectivity index (χ1) is 9.82. The lowest BCUT2D eigenvalue weighted by Crippen LogP contribution is -2.28. The van der Waals surface area contributed by atoms with Crippen LogP contribution >= 0.6 is 0 Å². The zero-order valence-corrected chi connectivity index (χ0v) is 11.9. The second-order valence-corrected chi connectivity index (χ2v) is 5.96. The quantitative estimate of drug-likeness (QED) is 0.799. The number of hydrogen-bond acceptors (Lipinski definition) is 2. The van der Waals surface area contributed by atoms with E-state index in [1.165, 1.54) is 12.1 Å². The van der Waals surface area contributed by atoms with E-state index in [1.54, 1.807) is 12.1 Å². The molecule has 1 aromatic rings. The van der Waals surface area contributed by atoms with Crippen molar-refractivity contribution in [1.82, 2.24) is 0 Å². The van der Waals surface area contributed by atoms with Crippen LogP contribution < -0.4 is 4.74 Å². The van der Waals surface area contributed by atoms with Crippen molar-refractivity contribution < 1.29 is 17.9 Å². The highest BCUT2D eigenvalue weighted by molar-refractivity contribution is 5.29. The Morgan fingerprint density at radius 2 is 2.00 bits per heavy atom. The van der Waals surface area contributed by atoms with E-state index in [0.717, 1.165) is 31.2 Å². The number of rotatable bonds is 3. The van der Waals surface area contributed by atoms with Gasteiger partial charge < -0.3 is 4.74 Å². The smallest absolute Gasteiger partial charge is 0.406 e. The van der Waals surface area contributed by atoms with Gasteiger partial charge in [-0.15, -0.1) is 13.2 Å². The molecular formula is C16H18F3NO. The molecule has 0 spiro atoms. The predicted molar refractivity (Wildman–Crippen MR) is 72.5 cm³/mol. The molecule has 2 unspecified atom stereocenters. The van der Waals surface area contributed by atoms with Crippen molar-refractivity contribution in [3.05, 3.63) is 29.8 Å². The third-order valence-electron chi connectivity index (χ3n) is 4.03. The predicted octanol–water partition coefficient (Wildman–Crippen LogP) is 4.85. The van der Waals surface area contributed by atoms with Crippen molar-refractivity contribution in [2.24, 2.45) is 11.3 Å². The maximum Gasteiger partial charge on any atom is 0.573 e. The van der Waals surface area contributed by atoms with Crippen LogP contribution in [-0.4, -0.2) is 6.36 Å². The summed E-state index contributed by atoms with van der Waals surface area (Å²) in [6, 6.07) is 8.27. The minimum absolute atomic E-state index is 0.228.